The fourth-order valence-electron chi connectivity index (χ4n) is 2.47. The molecule has 0 aliphatic carbocycles. The number of aliphatic hydroxyl groups excluding tert-OH is 1. The second-order valence-corrected chi connectivity index (χ2v) is 6.60. The lowest BCUT2D eigenvalue weighted by atomic mass is 10.3. The van der Waals surface area contributed by atoms with Gasteiger partial charge in [0.05, 0.1) is 6.10 Å². The zero-order valence-electron chi connectivity index (χ0n) is 13.8. The predicted molar refractivity (Wildman–Crippen MR) is 96.1 cm³/mol. The van der Waals surface area contributed by atoms with Gasteiger partial charge in [0.15, 0.2) is 16.7 Å². The summed E-state index contributed by atoms with van der Waals surface area (Å²) in [5.74, 6) is 2.43. The molecule has 3 aromatic rings. The van der Waals surface area contributed by atoms with Crippen LogP contribution in [0, 0.1) is 0 Å². The van der Waals surface area contributed by atoms with E-state index in [4.69, 9.17) is 14.2 Å². The van der Waals surface area contributed by atoms with Crippen molar-refractivity contribution >= 4 is 11.8 Å². The van der Waals surface area contributed by atoms with E-state index in [2.05, 4.69) is 10.2 Å². The predicted octanol–water partition coefficient (Wildman–Crippen LogP) is 2.53. The van der Waals surface area contributed by atoms with Crippen LogP contribution in [0.4, 0.5) is 0 Å². The quantitative estimate of drug-likeness (QED) is 0.639. The molecule has 26 heavy (non-hydrogen) atoms. The Labute approximate surface area is 154 Å². The number of para-hydroxylation sites is 1. The van der Waals surface area contributed by atoms with Crippen LogP contribution in [-0.2, 0) is 0 Å². The first-order valence-corrected chi connectivity index (χ1v) is 9.07. The summed E-state index contributed by atoms with van der Waals surface area (Å²) < 4.78 is 18.1. The van der Waals surface area contributed by atoms with E-state index in [0.29, 0.717) is 23.0 Å². The Morgan fingerprint density at radius 3 is 2.88 bits per heavy atom. The molecule has 0 saturated carbocycles. The summed E-state index contributed by atoms with van der Waals surface area (Å²) in [7, 11) is 0. The molecule has 1 N–H and O–H groups in total. The number of aliphatic hydroxyl groups is 1. The molecule has 1 atom stereocenters. The first kappa shape index (κ1) is 16.7. The van der Waals surface area contributed by atoms with Gasteiger partial charge in [0.25, 0.3) is 0 Å². The van der Waals surface area contributed by atoms with Gasteiger partial charge in [-0.3, -0.25) is 4.57 Å². The van der Waals surface area contributed by atoms with E-state index in [1.807, 2.05) is 34.9 Å². The third-order valence-electron chi connectivity index (χ3n) is 3.74. The second-order valence-electron chi connectivity index (χ2n) is 5.61. The molecule has 1 aliphatic heterocycles. The van der Waals surface area contributed by atoms with Crippen LogP contribution in [0.2, 0.25) is 0 Å². The number of benzene rings is 2. The molecule has 0 fully saturated rings. The molecule has 0 saturated heterocycles. The standard InChI is InChI=1S/C18H17N3O4S/c22-14(9-23-15-6-7-16-17(8-15)25-12-24-16)10-26-18-20-19-11-21(18)13-4-2-1-3-5-13/h1-8,11,14,22H,9-10,12H2/t14-/m1/s1. The van der Waals surface area contributed by atoms with Gasteiger partial charge in [-0.25, -0.2) is 0 Å². The number of hydrogen-bond donors (Lipinski definition) is 1. The van der Waals surface area contributed by atoms with E-state index in [0.717, 1.165) is 10.8 Å². The third-order valence-corrected chi connectivity index (χ3v) is 4.83. The van der Waals surface area contributed by atoms with E-state index in [1.54, 1.807) is 24.5 Å². The summed E-state index contributed by atoms with van der Waals surface area (Å²) in [6, 6.07) is 15.2. The van der Waals surface area contributed by atoms with Crippen molar-refractivity contribution in [2.75, 3.05) is 19.2 Å². The van der Waals surface area contributed by atoms with Crippen LogP contribution in [0.5, 0.6) is 17.2 Å². The molecule has 0 spiro atoms. The van der Waals surface area contributed by atoms with Crippen molar-refractivity contribution < 1.29 is 19.3 Å². The molecular weight excluding hydrogens is 354 g/mol. The molecule has 0 unspecified atom stereocenters. The van der Waals surface area contributed by atoms with Gasteiger partial charge in [0, 0.05) is 17.5 Å². The van der Waals surface area contributed by atoms with Crippen molar-refractivity contribution in [3.63, 3.8) is 0 Å². The normalized spacial score (nSPS) is 13.6. The monoisotopic (exact) mass is 371 g/mol. The maximum absolute atomic E-state index is 10.2. The van der Waals surface area contributed by atoms with E-state index >= 15 is 0 Å². The number of aromatic nitrogens is 3. The Bertz CT molecular complexity index is 872. The van der Waals surface area contributed by atoms with E-state index in [9.17, 15) is 5.11 Å². The Morgan fingerprint density at radius 2 is 2.00 bits per heavy atom. The van der Waals surface area contributed by atoms with E-state index in [1.165, 1.54) is 11.8 Å². The highest BCUT2D eigenvalue weighted by Gasteiger charge is 2.15. The Hall–Kier alpha value is -2.71. The summed E-state index contributed by atoms with van der Waals surface area (Å²) in [5, 5.41) is 19.0. The van der Waals surface area contributed by atoms with Gasteiger partial charge in [0.2, 0.25) is 6.79 Å². The molecule has 4 rings (SSSR count). The van der Waals surface area contributed by atoms with Gasteiger partial charge < -0.3 is 19.3 Å². The Balaban J connectivity index is 1.31. The van der Waals surface area contributed by atoms with Crippen molar-refractivity contribution in [1.82, 2.24) is 14.8 Å². The largest absolute Gasteiger partial charge is 0.491 e. The number of ether oxygens (including phenoxy) is 3. The molecule has 7 nitrogen and oxygen atoms in total. The van der Waals surface area contributed by atoms with Gasteiger partial charge in [-0.2, -0.15) is 0 Å². The summed E-state index contributed by atoms with van der Waals surface area (Å²) in [6.07, 6.45) is 1.01. The molecule has 0 amide bonds. The molecule has 2 aromatic carbocycles. The van der Waals surface area contributed by atoms with Crippen molar-refractivity contribution in [1.29, 1.82) is 0 Å². The highest BCUT2D eigenvalue weighted by molar-refractivity contribution is 7.99. The van der Waals surface area contributed by atoms with Crippen LogP contribution < -0.4 is 14.2 Å². The van der Waals surface area contributed by atoms with Crippen molar-refractivity contribution in [2.45, 2.75) is 11.3 Å². The highest BCUT2D eigenvalue weighted by Crippen LogP contribution is 2.35. The average Bonchev–Trinajstić information content (AvgIpc) is 3.34. The SMILES string of the molecule is O[C@H](COc1ccc2c(c1)OCO2)CSc1nncn1-c1ccccc1. The number of nitrogens with zero attached hydrogens (tertiary/aromatic N) is 3. The Kier molecular flexibility index (Phi) is 4.94. The fourth-order valence-corrected chi connectivity index (χ4v) is 3.30. The smallest absolute Gasteiger partial charge is 0.231 e. The summed E-state index contributed by atoms with van der Waals surface area (Å²) in [4.78, 5) is 0. The zero-order chi connectivity index (χ0) is 17.8. The van der Waals surface area contributed by atoms with Crippen LogP contribution in [0.1, 0.15) is 0 Å². The molecule has 0 radical (unpaired) electrons. The second kappa shape index (κ2) is 7.67. The first-order valence-electron chi connectivity index (χ1n) is 8.08. The van der Waals surface area contributed by atoms with Gasteiger partial charge in [-0.05, 0) is 24.3 Å². The summed E-state index contributed by atoms with van der Waals surface area (Å²) in [6.45, 7) is 0.395. The number of hydrogen-bond acceptors (Lipinski definition) is 7. The minimum atomic E-state index is -0.647. The lowest BCUT2D eigenvalue weighted by Gasteiger charge is -2.12. The van der Waals surface area contributed by atoms with E-state index < -0.39 is 6.10 Å². The zero-order valence-corrected chi connectivity index (χ0v) is 14.6. The molecule has 8 heteroatoms. The van der Waals surface area contributed by atoms with Gasteiger partial charge in [-0.1, -0.05) is 30.0 Å². The topological polar surface area (TPSA) is 78.6 Å². The maximum atomic E-state index is 10.2. The third kappa shape index (κ3) is 3.76. The van der Waals surface area contributed by atoms with Crippen LogP contribution >= 0.6 is 11.8 Å². The van der Waals surface area contributed by atoms with Crippen LogP contribution in [0.15, 0.2) is 60.0 Å². The highest BCUT2D eigenvalue weighted by atomic mass is 32.2. The number of thioether (sulfide) groups is 1. The molecule has 1 aromatic heterocycles. The summed E-state index contributed by atoms with van der Waals surface area (Å²) >= 11 is 1.43. The van der Waals surface area contributed by atoms with E-state index in [-0.39, 0.29) is 13.4 Å². The van der Waals surface area contributed by atoms with Crippen molar-refractivity contribution in [2.24, 2.45) is 0 Å². The number of rotatable bonds is 7. The lowest BCUT2D eigenvalue weighted by molar-refractivity contribution is 0.126. The molecular formula is C18H17N3O4S. The molecule has 134 valence electrons. The van der Waals surface area contributed by atoms with Gasteiger partial charge in [-0.15, -0.1) is 10.2 Å². The lowest BCUT2D eigenvalue weighted by Crippen LogP contribution is -2.20. The van der Waals surface area contributed by atoms with Gasteiger partial charge in [0.1, 0.15) is 18.7 Å². The minimum absolute atomic E-state index is 0.173. The Morgan fingerprint density at radius 1 is 1.15 bits per heavy atom. The van der Waals surface area contributed by atoms with Crippen molar-refractivity contribution in [3.8, 4) is 22.9 Å². The maximum Gasteiger partial charge on any atom is 0.231 e. The first-order chi connectivity index (χ1) is 12.8. The summed E-state index contributed by atoms with van der Waals surface area (Å²) in [5.41, 5.74) is 0.978. The molecule has 1 aliphatic rings. The molecule has 2 heterocycles. The van der Waals surface area contributed by atoms with Crippen molar-refractivity contribution in [3.05, 3.63) is 54.9 Å². The number of fused-ring (bicyclic) bond motifs is 1. The molecule has 0 bridgehead atoms. The van der Waals surface area contributed by atoms with Gasteiger partial charge >= 0.3 is 0 Å². The van der Waals surface area contributed by atoms with Crippen LogP contribution in [0.25, 0.3) is 5.69 Å². The minimum Gasteiger partial charge on any atom is -0.491 e. The van der Waals surface area contributed by atoms with Crippen LogP contribution in [-0.4, -0.2) is 45.1 Å². The fraction of sp³-hybridized carbons (Fsp3) is 0.222. The average molecular weight is 371 g/mol. The van der Waals surface area contributed by atoms with Crippen LogP contribution in [0.3, 0.4) is 0 Å².